The minimum Gasteiger partial charge on any atom is -0.248 e. The maximum absolute atomic E-state index is 5.36. The van der Waals surface area contributed by atoms with Crippen molar-refractivity contribution in [1.29, 1.82) is 0 Å². The van der Waals surface area contributed by atoms with Gasteiger partial charge in [0.05, 0.1) is 22.6 Å². The van der Waals surface area contributed by atoms with Crippen molar-refractivity contribution in [3.05, 3.63) is 187 Å². The molecule has 53 heavy (non-hydrogen) atoms. The molecule has 0 atom stereocenters. The molecule has 0 saturated carbocycles. The molecular formula is C50H35N3. The molecule has 1 aliphatic carbocycles. The Morgan fingerprint density at radius 1 is 0.358 bits per heavy atom. The lowest BCUT2D eigenvalue weighted by molar-refractivity contribution is 0.661. The van der Waals surface area contributed by atoms with E-state index in [9.17, 15) is 0 Å². The maximum Gasteiger partial charge on any atom is 0.160 e. The lowest BCUT2D eigenvalue weighted by Crippen LogP contribution is -2.14. The third-order valence-electron chi connectivity index (χ3n) is 10.9. The first-order valence-electron chi connectivity index (χ1n) is 18.2. The molecule has 0 N–H and O–H groups in total. The molecule has 250 valence electrons. The summed E-state index contributed by atoms with van der Waals surface area (Å²) in [6, 6.07) is 62.4. The van der Waals surface area contributed by atoms with Gasteiger partial charge in [0.25, 0.3) is 0 Å². The smallest absolute Gasteiger partial charge is 0.160 e. The number of hydrogen-bond donors (Lipinski definition) is 0. The fraction of sp³-hybridized carbons (Fsp3) is 0.0600. The topological polar surface area (TPSA) is 38.7 Å². The number of hydrogen-bond acceptors (Lipinski definition) is 3. The van der Waals surface area contributed by atoms with Gasteiger partial charge in [-0.25, -0.2) is 15.0 Å². The van der Waals surface area contributed by atoms with Crippen LogP contribution in [-0.4, -0.2) is 15.0 Å². The summed E-state index contributed by atoms with van der Waals surface area (Å²) in [5.41, 5.74) is 15.3. The molecule has 7 aromatic carbocycles. The Labute approximate surface area is 309 Å². The second-order valence-corrected chi connectivity index (χ2v) is 14.4. The van der Waals surface area contributed by atoms with E-state index in [0.29, 0.717) is 5.82 Å². The predicted octanol–water partition coefficient (Wildman–Crippen LogP) is 12.8. The Hall–Kier alpha value is -6.71. The molecule has 0 unspecified atom stereocenters. The normalized spacial score (nSPS) is 12.9. The summed E-state index contributed by atoms with van der Waals surface area (Å²) in [6.07, 6.45) is 0. The molecule has 0 radical (unpaired) electrons. The molecule has 0 spiro atoms. The average molecular weight is 678 g/mol. The lowest BCUT2D eigenvalue weighted by Gasteiger charge is -2.22. The molecular weight excluding hydrogens is 643 g/mol. The third-order valence-corrected chi connectivity index (χ3v) is 10.9. The number of benzene rings is 7. The predicted molar refractivity (Wildman–Crippen MR) is 220 cm³/mol. The van der Waals surface area contributed by atoms with Gasteiger partial charge in [0.1, 0.15) is 0 Å². The summed E-state index contributed by atoms with van der Waals surface area (Å²) < 4.78 is 0. The molecule has 1 aliphatic rings. The maximum atomic E-state index is 5.36. The van der Waals surface area contributed by atoms with Crippen LogP contribution in [0.5, 0.6) is 0 Å². The van der Waals surface area contributed by atoms with Crippen LogP contribution in [0.25, 0.3) is 89.1 Å². The van der Waals surface area contributed by atoms with Crippen molar-refractivity contribution in [1.82, 2.24) is 15.0 Å². The SMILES string of the molecule is CC1(C)c2ccccc2-c2cc3c(-c4cc(-c5nc(-c6ccccc6)cc(-c6ccccc6)n5)cc5ccccc45)cc(-c4ccccc4)nc3cc21. The third kappa shape index (κ3) is 5.24. The molecule has 0 fully saturated rings. The van der Waals surface area contributed by atoms with Gasteiger partial charge in [-0.15, -0.1) is 0 Å². The largest absolute Gasteiger partial charge is 0.248 e. The Bertz CT molecular complexity index is 2780. The number of pyridine rings is 1. The van der Waals surface area contributed by atoms with Gasteiger partial charge in [0.15, 0.2) is 5.82 Å². The molecule has 0 saturated heterocycles. The minimum atomic E-state index is -0.130. The first-order chi connectivity index (χ1) is 26.0. The fourth-order valence-corrected chi connectivity index (χ4v) is 8.15. The fourth-order valence-electron chi connectivity index (χ4n) is 8.15. The van der Waals surface area contributed by atoms with Gasteiger partial charge in [-0.05, 0) is 80.6 Å². The standard InChI is InChI=1S/C50H35N3/c1-50(2)43-25-15-14-24-38(43)41-28-42-40(29-45(32-16-6-3-7-17-32)51-48(42)30-44(41)50)39-27-36(26-35-22-12-13-23-37(35)39)49-52-46(33-18-8-4-9-19-33)31-47(53-49)34-20-10-5-11-21-34/h3-31H,1-2H3. The zero-order chi connectivity index (χ0) is 35.5. The van der Waals surface area contributed by atoms with Crippen molar-refractivity contribution in [3.63, 3.8) is 0 Å². The Balaban J connectivity index is 1.27. The van der Waals surface area contributed by atoms with Crippen LogP contribution in [0.1, 0.15) is 25.0 Å². The van der Waals surface area contributed by atoms with Crippen molar-refractivity contribution >= 4 is 21.7 Å². The van der Waals surface area contributed by atoms with E-state index in [0.717, 1.165) is 66.8 Å². The van der Waals surface area contributed by atoms with Gasteiger partial charge in [0.2, 0.25) is 0 Å². The molecule has 3 heteroatoms. The first-order valence-corrected chi connectivity index (χ1v) is 18.2. The van der Waals surface area contributed by atoms with E-state index in [4.69, 9.17) is 15.0 Å². The molecule has 0 bridgehead atoms. The van der Waals surface area contributed by atoms with E-state index < -0.39 is 0 Å². The molecule has 2 heterocycles. The van der Waals surface area contributed by atoms with Crippen molar-refractivity contribution in [3.8, 4) is 67.4 Å². The zero-order valence-corrected chi connectivity index (χ0v) is 29.6. The highest BCUT2D eigenvalue weighted by Crippen LogP contribution is 2.51. The summed E-state index contributed by atoms with van der Waals surface area (Å²) in [7, 11) is 0. The highest BCUT2D eigenvalue weighted by atomic mass is 14.9. The minimum absolute atomic E-state index is 0.130. The molecule has 3 nitrogen and oxygen atoms in total. The van der Waals surface area contributed by atoms with Crippen LogP contribution in [0.4, 0.5) is 0 Å². The number of rotatable bonds is 5. The van der Waals surface area contributed by atoms with Crippen LogP contribution >= 0.6 is 0 Å². The quantitative estimate of drug-likeness (QED) is 0.182. The molecule has 10 rings (SSSR count). The first kappa shape index (κ1) is 31.1. The van der Waals surface area contributed by atoms with E-state index in [1.54, 1.807) is 0 Å². The van der Waals surface area contributed by atoms with Crippen LogP contribution in [0, 0.1) is 0 Å². The van der Waals surface area contributed by atoms with Crippen LogP contribution in [-0.2, 0) is 5.41 Å². The van der Waals surface area contributed by atoms with Crippen molar-refractivity contribution in [2.75, 3.05) is 0 Å². The lowest BCUT2D eigenvalue weighted by atomic mass is 9.82. The Morgan fingerprint density at radius 3 is 1.57 bits per heavy atom. The highest BCUT2D eigenvalue weighted by Gasteiger charge is 2.36. The summed E-state index contributed by atoms with van der Waals surface area (Å²) in [4.78, 5) is 15.8. The summed E-state index contributed by atoms with van der Waals surface area (Å²) in [5.74, 6) is 0.690. The zero-order valence-electron chi connectivity index (χ0n) is 29.6. The van der Waals surface area contributed by atoms with Gasteiger partial charge >= 0.3 is 0 Å². The Kier molecular flexibility index (Phi) is 7.16. The second kappa shape index (κ2) is 12.2. The van der Waals surface area contributed by atoms with Crippen LogP contribution < -0.4 is 0 Å². The van der Waals surface area contributed by atoms with Gasteiger partial charge in [0, 0.05) is 33.1 Å². The summed E-state index contributed by atoms with van der Waals surface area (Å²) in [5, 5.41) is 3.43. The van der Waals surface area contributed by atoms with E-state index in [1.807, 2.05) is 12.1 Å². The Morgan fingerprint density at radius 2 is 0.906 bits per heavy atom. The van der Waals surface area contributed by atoms with Crippen molar-refractivity contribution in [2.45, 2.75) is 19.3 Å². The van der Waals surface area contributed by atoms with Crippen LogP contribution in [0.3, 0.4) is 0 Å². The summed E-state index contributed by atoms with van der Waals surface area (Å²) in [6.45, 7) is 4.66. The van der Waals surface area contributed by atoms with Crippen LogP contribution in [0.15, 0.2) is 176 Å². The molecule has 2 aromatic heterocycles. The molecule has 9 aromatic rings. The van der Waals surface area contributed by atoms with Crippen molar-refractivity contribution < 1.29 is 0 Å². The van der Waals surface area contributed by atoms with Gasteiger partial charge in [-0.3, -0.25) is 0 Å². The monoisotopic (exact) mass is 677 g/mol. The van der Waals surface area contributed by atoms with E-state index in [-0.39, 0.29) is 5.41 Å². The van der Waals surface area contributed by atoms with Gasteiger partial charge in [-0.2, -0.15) is 0 Å². The summed E-state index contributed by atoms with van der Waals surface area (Å²) >= 11 is 0. The molecule has 0 amide bonds. The second-order valence-electron chi connectivity index (χ2n) is 14.4. The van der Waals surface area contributed by atoms with Crippen molar-refractivity contribution in [2.24, 2.45) is 0 Å². The number of fused-ring (bicyclic) bond motifs is 5. The van der Waals surface area contributed by atoms with E-state index in [1.165, 1.54) is 27.6 Å². The van der Waals surface area contributed by atoms with Crippen LogP contribution in [0.2, 0.25) is 0 Å². The number of nitrogens with zero attached hydrogens (tertiary/aromatic N) is 3. The average Bonchev–Trinajstić information content (AvgIpc) is 3.45. The number of aromatic nitrogens is 3. The van der Waals surface area contributed by atoms with Gasteiger partial charge in [-0.1, -0.05) is 153 Å². The van der Waals surface area contributed by atoms with Gasteiger partial charge < -0.3 is 0 Å². The highest BCUT2D eigenvalue weighted by molar-refractivity contribution is 6.09. The van der Waals surface area contributed by atoms with E-state index in [2.05, 4.69) is 178 Å². The van der Waals surface area contributed by atoms with E-state index >= 15 is 0 Å². The molecule has 0 aliphatic heterocycles.